The van der Waals surface area contributed by atoms with E-state index >= 15 is 0 Å². The Morgan fingerprint density at radius 2 is 1.67 bits per heavy atom. The molecule has 5 heteroatoms. The summed E-state index contributed by atoms with van der Waals surface area (Å²) in [4.78, 5) is 23.6. The molecule has 33 heavy (non-hydrogen) atoms. The lowest BCUT2D eigenvalue weighted by Gasteiger charge is -2.42. The van der Waals surface area contributed by atoms with E-state index in [0.717, 1.165) is 25.0 Å². The first-order chi connectivity index (χ1) is 15.5. The lowest BCUT2D eigenvalue weighted by Crippen LogP contribution is -2.34. The van der Waals surface area contributed by atoms with Gasteiger partial charge in [-0.05, 0) is 77.8 Å². The lowest BCUT2D eigenvalue weighted by atomic mass is 9.62. The van der Waals surface area contributed by atoms with Crippen LogP contribution >= 0.6 is 0 Å². The number of fused-ring (bicyclic) bond motifs is 1. The molecule has 0 radical (unpaired) electrons. The molecule has 1 aliphatic rings. The average Bonchev–Trinajstić information content (AvgIpc) is 3.23. The van der Waals surface area contributed by atoms with E-state index < -0.39 is 0 Å². The highest BCUT2D eigenvalue weighted by Crippen LogP contribution is 2.46. The number of carbonyl (C=O) groups excluding carboxylic acids is 2. The van der Waals surface area contributed by atoms with Crippen LogP contribution in [-0.4, -0.2) is 25.5 Å². The maximum absolute atomic E-state index is 12.4. The Kier molecular flexibility index (Phi) is 7.71. The van der Waals surface area contributed by atoms with Crippen molar-refractivity contribution in [3.8, 4) is 0 Å². The second-order valence-electron chi connectivity index (χ2n) is 10.7. The van der Waals surface area contributed by atoms with E-state index in [1.54, 1.807) is 6.07 Å². The van der Waals surface area contributed by atoms with Crippen molar-refractivity contribution in [2.45, 2.75) is 90.4 Å². The maximum Gasteiger partial charge on any atom is 0.305 e. The molecular formula is C28H39NO4. The van der Waals surface area contributed by atoms with Gasteiger partial charge in [0.15, 0.2) is 5.76 Å². The molecule has 0 atom stereocenters. The quantitative estimate of drug-likeness (QED) is 0.374. The Morgan fingerprint density at radius 1 is 1.00 bits per heavy atom. The monoisotopic (exact) mass is 453 g/mol. The molecule has 0 fully saturated rings. The van der Waals surface area contributed by atoms with Crippen LogP contribution in [0.5, 0.6) is 0 Å². The van der Waals surface area contributed by atoms with Crippen LogP contribution in [0.2, 0.25) is 0 Å². The predicted molar refractivity (Wildman–Crippen MR) is 131 cm³/mol. The number of unbranched alkanes of at least 4 members (excludes halogenated alkanes) is 2. The molecule has 180 valence electrons. The van der Waals surface area contributed by atoms with Crippen molar-refractivity contribution in [1.29, 1.82) is 0 Å². The molecule has 1 N–H and O–H groups in total. The molecule has 0 unspecified atom stereocenters. The van der Waals surface area contributed by atoms with Gasteiger partial charge in [-0.15, -0.1) is 0 Å². The second kappa shape index (κ2) is 10.1. The van der Waals surface area contributed by atoms with Gasteiger partial charge < -0.3 is 14.5 Å². The fourth-order valence-corrected chi connectivity index (χ4v) is 4.70. The highest BCUT2D eigenvalue weighted by Gasteiger charge is 2.37. The summed E-state index contributed by atoms with van der Waals surface area (Å²) in [6.45, 7) is 12.1. The van der Waals surface area contributed by atoms with Crippen LogP contribution in [0.4, 0.5) is 0 Å². The van der Waals surface area contributed by atoms with Gasteiger partial charge in [-0.1, -0.05) is 46.2 Å². The van der Waals surface area contributed by atoms with Gasteiger partial charge in [0.1, 0.15) is 5.76 Å². The molecule has 1 heterocycles. The van der Waals surface area contributed by atoms with Crippen LogP contribution < -0.4 is 5.32 Å². The van der Waals surface area contributed by atoms with Crippen molar-refractivity contribution in [2.75, 3.05) is 13.7 Å². The number of carbonyl (C=O) groups is 2. The Balaban J connectivity index is 1.60. The summed E-state index contributed by atoms with van der Waals surface area (Å²) in [5, 5.41) is 2.90. The molecular weight excluding hydrogens is 414 g/mol. The van der Waals surface area contributed by atoms with Crippen LogP contribution in [-0.2, 0) is 26.8 Å². The number of methoxy groups -OCH3 is 1. The van der Waals surface area contributed by atoms with Crippen molar-refractivity contribution in [3.05, 3.63) is 58.0 Å². The number of aryl methyl sites for hydroxylation is 1. The minimum atomic E-state index is -0.195. The van der Waals surface area contributed by atoms with Gasteiger partial charge in [0.2, 0.25) is 0 Å². The first-order valence-electron chi connectivity index (χ1n) is 12.1. The van der Waals surface area contributed by atoms with E-state index in [9.17, 15) is 9.59 Å². The third-order valence-corrected chi connectivity index (χ3v) is 7.13. The highest BCUT2D eigenvalue weighted by molar-refractivity contribution is 5.91. The molecule has 1 aromatic heterocycles. The molecule has 5 nitrogen and oxygen atoms in total. The minimum Gasteiger partial charge on any atom is -0.469 e. The van der Waals surface area contributed by atoms with Gasteiger partial charge in [0.05, 0.1) is 7.11 Å². The van der Waals surface area contributed by atoms with Gasteiger partial charge in [-0.2, -0.15) is 0 Å². The number of nitrogens with one attached hydrogen (secondary N) is 1. The number of ether oxygens (including phenoxy) is 1. The summed E-state index contributed by atoms with van der Waals surface area (Å²) >= 11 is 0. The molecule has 0 bridgehead atoms. The van der Waals surface area contributed by atoms with Gasteiger partial charge >= 0.3 is 5.97 Å². The summed E-state index contributed by atoms with van der Waals surface area (Å²) < 4.78 is 10.5. The molecule has 1 aliphatic carbocycles. The zero-order chi connectivity index (χ0) is 24.2. The fraction of sp³-hybridized carbons (Fsp3) is 0.571. The van der Waals surface area contributed by atoms with Crippen molar-refractivity contribution >= 4 is 11.9 Å². The first kappa shape index (κ1) is 25.1. The van der Waals surface area contributed by atoms with E-state index in [4.69, 9.17) is 4.42 Å². The van der Waals surface area contributed by atoms with Crippen molar-refractivity contribution in [2.24, 2.45) is 0 Å². The molecule has 0 saturated heterocycles. The Labute approximate surface area is 198 Å². The maximum atomic E-state index is 12.4. The van der Waals surface area contributed by atoms with Crippen LogP contribution in [0, 0.1) is 6.92 Å². The molecule has 0 aliphatic heterocycles. The van der Waals surface area contributed by atoms with E-state index in [2.05, 4.69) is 56.8 Å². The molecule has 1 aromatic carbocycles. The number of amides is 1. The standard InChI is InChI=1S/C28H39NO4/c1-19-16-22-23(28(4,5)14-13-27(22,2)3)18-20(19)17-21-11-12-24(33-21)26(31)29-15-9-7-8-10-25(30)32-6/h11-12,16,18H,7-10,13-15,17H2,1-6H3,(H,29,31). The van der Waals surface area contributed by atoms with Gasteiger partial charge in [0, 0.05) is 19.4 Å². The van der Waals surface area contributed by atoms with E-state index in [0.29, 0.717) is 25.1 Å². The average molecular weight is 454 g/mol. The zero-order valence-corrected chi connectivity index (χ0v) is 21.1. The van der Waals surface area contributed by atoms with Crippen molar-refractivity contribution in [1.82, 2.24) is 5.32 Å². The van der Waals surface area contributed by atoms with E-state index in [1.165, 1.54) is 42.2 Å². The summed E-state index contributed by atoms with van der Waals surface area (Å²) in [6, 6.07) is 8.38. The zero-order valence-electron chi connectivity index (χ0n) is 21.1. The van der Waals surface area contributed by atoms with Crippen molar-refractivity contribution in [3.63, 3.8) is 0 Å². The Bertz CT molecular complexity index is 999. The SMILES string of the molecule is COC(=O)CCCCCNC(=O)c1ccc(Cc2cc3c(cc2C)C(C)(C)CCC3(C)C)o1. The van der Waals surface area contributed by atoms with Gasteiger partial charge in [0.25, 0.3) is 5.91 Å². The normalized spacial score (nSPS) is 16.2. The summed E-state index contributed by atoms with van der Waals surface area (Å²) in [7, 11) is 1.40. The molecule has 3 rings (SSSR count). The number of furan rings is 1. The Morgan fingerprint density at radius 3 is 2.33 bits per heavy atom. The number of benzene rings is 1. The summed E-state index contributed by atoms with van der Waals surface area (Å²) in [5.41, 5.74) is 5.80. The topological polar surface area (TPSA) is 68.5 Å². The lowest BCUT2D eigenvalue weighted by molar-refractivity contribution is -0.140. The fourth-order valence-electron chi connectivity index (χ4n) is 4.70. The molecule has 1 amide bonds. The van der Waals surface area contributed by atoms with Crippen LogP contribution in [0.15, 0.2) is 28.7 Å². The number of rotatable bonds is 9. The number of esters is 1. The summed E-state index contributed by atoms with van der Waals surface area (Å²) in [6.07, 6.45) is 5.93. The van der Waals surface area contributed by atoms with Crippen molar-refractivity contribution < 1.29 is 18.7 Å². The molecule has 0 spiro atoms. The largest absolute Gasteiger partial charge is 0.469 e. The van der Waals surface area contributed by atoms with Gasteiger partial charge in [-0.25, -0.2) is 0 Å². The minimum absolute atomic E-state index is 0.165. The number of hydrogen-bond acceptors (Lipinski definition) is 4. The molecule has 2 aromatic rings. The van der Waals surface area contributed by atoms with Crippen LogP contribution in [0.1, 0.15) is 105 Å². The third kappa shape index (κ3) is 6.07. The molecule has 0 saturated carbocycles. The first-order valence-corrected chi connectivity index (χ1v) is 12.1. The smallest absolute Gasteiger partial charge is 0.305 e. The van der Waals surface area contributed by atoms with E-state index in [1.807, 2.05) is 6.07 Å². The third-order valence-electron chi connectivity index (χ3n) is 7.13. The summed E-state index contributed by atoms with van der Waals surface area (Å²) in [5.74, 6) is 0.758. The van der Waals surface area contributed by atoms with E-state index in [-0.39, 0.29) is 22.7 Å². The highest BCUT2D eigenvalue weighted by atomic mass is 16.5. The van der Waals surface area contributed by atoms with Crippen LogP contribution in [0.25, 0.3) is 0 Å². The number of hydrogen-bond donors (Lipinski definition) is 1. The second-order valence-corrected chi connectivity index (χ2v) is 10.7. The Hall–Kier alpha value is -2.56. The van der Waals surface area contributed by atoms with Crippen LogP contribution in [0.3, 0.4) is 0 Å². The predicted octanol–water partition coefficient (Wildman–Crippen LogP) is 5.99. The van der Waals surface area contributed by atoms with Gasteiger partial charge in [-0.3, -0.25) is 9.59 Å².